The van der Waals surface area contributed by atoms with E-state index in [1.165, 1.54) is 13.2 Å². The van der Waals surface area contributed by atoms with Crippen molar-refractivity contribution in [1.82, 2.24) is 4.57 Å². The van der Waals surface area contributed by atoms with Crippen LogP contribution in [-0.2, 0) is 21.4 Å². The third-order valence-electron chi connectivity index (χ3n) is 2.40. The first kappa shape index (κ1) is 14.0. The molecule has 0 fully saturated rings. The van der Waals surface area contributed by atoms with Gasteiger partial charge in [0, 0.05) is 31.4 Å². The number of nitrogens with zero attached hydrogens (tertiary/aromatic N) is 1. The lowest BCUT2D eigenvalue weighted by molar-refractivity contribution is -0.134. The zero-order valence-corrected chi connectivity index (χ0v) is 10.9. The summed E-state index contributed by atoms with van der Waals surface area (Å²) >= 11 is 0. The van der Waals surface area contributed by atoms with Gasteiger partial charge in [0.15, 0.2) is 0 Å². The molecular weight excluding hydrogens is 232 g/mol. The SMILES string of the molecule is CCCC(=O)Nc1cc(/C=C/C(=O)OC)n(C)c1. The summed E-state index contributed by atoms with van der Waals surface area (Å²) in [5, 5.41) is 2.80. The standard InChI is InChI=1S/C13H18N2O3/c1-4-5-12(16)14-10-8-11(15(2)9-10)6-7-13(17)18-3/h6-9H,4-5H2,1-3H3,(H,14,16)/b7-6+. The number of hydrogen-bond acceptors (Lipinski definition) is 3. The minimum atomic E-state index is -0.409. The van der Waals surface area contributed by atoms with Gasteiger partial charge in [0.2, 0.25) is 5.91 Å². The van der Waals surface area contributed by atoms with Crippen molar-refractivity contribution in [2.24, 2.45) is 7.05 Å². The number of carbonyl (C=O) groups excluding carboxylic acids is 2. The molecule has 1 amide bonds. The number of ether oxygens (including phenoxy) is 1. The molecule has 1 N–H and O–H groups in total. The van der Waals surface area contributed by atoms with E-state index in [9.17, 15) is 9.59 Å². The molecule has 0 aromatic carbocycles. The summed E-state index contributed by atoms with van der Waals surface area (Å²) in [4.78, 5) is 22.4. The van der Waals surface area contributed by atoms with E-state index < -0.39 is 5.97 Å². The van der Waals surface area contributed by atoms with Crippen molar-refractivity contribution in [3.05, 3.63) is 24.0 Å². The molecule has 5 nitrogen and oxygen atoms in total. The van der Waals surface area contributed by atoms with E-state index in [1.54, 1.807) is 18.3 Å². The van der Waals surface area contributed by atoms with Gasteiger partial charge in [-0.2, -0.15) is 0 Å². The van der Waals surface area contributed by atoms with Crippen LogP contribution in [0.3, 0.4) is 0 Å². The molecule has 0 atom stereocenters. The van der Waals surface area contributed by atoms with Crippen molar-refractivity contribution < 1.29 is 14.3 Å². The molecule has 0 saturated heterocycles. The van der Waals surface area contributed by atoms with E-state index in [1.807, 2.05) is 18.5 Å². The van der Waals surface area contributed by atoms with Crippen molar-refractivity contribution in [2.45, 2.75) is 19.8 Å². The lowest BCUT2D eigenvalue weighted by Crippen LogP contribution is -2.09. The van der Waals surface area contributed by atoms with Gasteiger partial charge in [-0.1, -0.05) is 6.92 Å². The molecule has 0 spiro atoms. The number of hydrogen-bond donors (Lipinski definition) is 1. The Morgan fingerprint density at radius 2 is 2.22 bits per heavy atom. The number of methoxy groups -OCH3 is 1. The highest BCUT2D eigenvalue weighted by Gasteiger charge is 2.04. The maximum absolute atomic E-state index is 11.4. The topological polar surface area (TPSA) is 60.3 Å². The smallest absolute Gasteiger partial charge is 0.330 e. The Balaban J connectivity index is 2.72. The van der Waals surface area contributed by atoms with E-state index in [0.717, 1.165) is 17.8 Å². The average Bonchev–Trinajstić information content (AvgIpc) is 2.66. The normalized spacial score (nSPS) is 10.6. The summed E-state index contributed by atoms with van der Waals surface area (Å²) in [6.45, 7) is 1.95. The molecule has 0 bridgehead atoms. The number of aromatic nitrogens is 1. The number of nitrogens with one attached hydrogen (secondary N) is 1. The zero-order valence-electron chi connectivity index (χ0n) is 10.9. The Morgan fingerprint density at radius 3 is 2.83 bits per heavy atom. The fraction of sp³-hybridized carbons (Fsp3) is 0.385. The van der Waals surface area contributed by atoms with Crippen LogP contribution in [-0.4, -0.2) is 23.6 Å². The van der Waals surface area contributed by atoms with Crippen molar-refractivity contribution in [2.75, 3.05) is 12.4 Å². The van der Waals surface area contributed by atoms with Crippen molar-refractivity contribution in [1.29, 1.82) is 0 Å². The van der Waals surface area contributed by atoms with Gasteiger partial charge in [0.05, 0.1) is 12.8 Å². The molecule has 0 aliphatic heterocycles. The number of amides is 1. The van der Waals surface area contributed by atoms with E-state index in [2.05, 4.69) is 10.1 Å². The molecule has 98 valence electrons. The highest BCUT2D eigenvalue weighted by Crippen LogP contribution is 2.14. The van der Waals surface area contributed by atoms with Crippen molar-refractivity contribution >= 4 is 23.6 Å². The molecule has 1 rings (SSSR count). The predicted molar refractivity (Wildman–Crippen MR) is 70.0 cm³/mol. The molecule has 1 aromatic heterocycles. The van der Waals surface area contributed by atoms with E-state index in [-0.39, 0.29) is 5.91 Å². The first-order valence-corrected chi connectivity index (χ1v) is 5.79. The van der Waals surface area contributed by atoms with E-state index in [4.69, 9.17) is 0 Å². The molecule has 0 unspecified atom stereocenters. The second-order valence-electron chi connectivity index (χ2n) is 3.92. The molecule has 1 heterocycles. The molecule has 5 heteroatoms. The summed E-state index contributed by atoms with van der Waals surface area (Å²) in [5.41, 5.74) is 1.53. The molecule has 1 aromatic rings. The Bertz CT molecular complexity index is 461. The lowest BCUT2D eigenvalue weighted by atomic mass is 10.3. The third-order valence-corrected chi connectivity index (χ3v) is 2.40. The van der Waals surface area contributed by atoms with Gasteiger partial charge in [-0.15, -0.1) is 0 Å². The maximum atomic E-state index is 11.4. The van der Waals surface area contributed by atoms with Crippen LogP contribution in [0.1, 0.15) is 25.5 Å². The summed E-state index contributed by atoms with van der Waals surface area (Å²) in [7, 11) is 3.17. The van der Waals surface area contributed by atoms with Crippen molar-refractivity contribution in [3.63, 3.8) is 0 Å². The van der Waals surface area contributed by atoms with Gasteiger partial charge in [-0.25, -0.2) is 4.79 Å². The van der Waals surface area contributed by atoms with Gasteiger partial charge >= 0.3 is 5.97 Å². The highest BCUT2D eigenvalue weighted by molar-refractivity contribution is 5.91. The minimum absolute atomic E-state index is 0.00778. The molecule has 0 aliphatic carbocycles. The van der Waals surface area contributed by atoms with Gasteiger partial charge in [0.25, 0.3) is 0 Å². The monoisotopic (exact) mass is 250 g/mol. The zero-order chi connectivity index (χ0) is 13.5. The van der Waals surface area contributed by atoms with Gasteiger partial charge in [-0.05, 0) is 18.6 Å². The van der Waals surface area contributed by atoms with Crippen LogP contribution in [0.25, 0.3) is 6.08 Å². The van der Waals surface area contributed by atoms with Gasteiger partial charge in [-0.3, -0.25) is 4.79 Å². The van der Waals surface area contributed by atoms with Crippen LogP contribution >= 0.6 is 0 Å². The van der Waals surface area contributed by atoms with E-state index in [0.29, 0.717) is 6.42 Å². The number of carbonyl (C=O) groups is 2. The van der Waals surface area contributed by atoms with Gasteiger partial charge in [0.1, 0.15) is 0 Å². The number of esters is 1. The molecule has 0 radical (unpaired) electrons. The Morgan fingerprint density at radius 1 is 1.50 bits per heavy atom. The number of rotatable bonds is 5. The number of aryl methyl sites for hydroxylation is 1. The second kappa shape index (κ2) is 6.64. The maximum Gasteiger partial charge on any atom is 0.330 e. The fourth-order valence-electron chi connectivity index (χ4n) is 1.49. The molecular formula is C13H18N2O3. The van der Waals surface area contributed by atoms with E-state index >= 15 is 0 Å². The highest BCUT2D eigenvalue weighted by atomic mass is 16.5. The summed E-state index contributed by atoms with van der Waals surface area (Å²) in [6, 6.07) is 1.80. The summed E-state index contributed by atoms with van der Waals surface area (Å²) < 4.78 is 6.33. The lowest BCUT2D eigenvalue weighted by Gasteiger charge is -1.99. The second-order valence-corrected chi connectivity index (χ2v) is 3.92. The summed E-state index contributed by atoms with van der Waals surface area (Å²) in [5.74, 6) is -0.417. The van der Waals surface area contributed by atoms with Crippen LogP contribution in [0.2, 0.25) is 0 Å². The van der Waals surface area contributed by atoms with Crippen LogP contribution in [0, 0.1) is 0 Å². The number of anilines is 1. The first-order valence-electron chi connectivity index (χ1n) is 5.79. The van der Waals surface area contributed by atoms with Crippen LogP contribution in [0.5, 0.6) is 0 Å². The van der Waals surface area contributed by atoms with Crippen molar-refractivity contribution in [3.8, 4) is 0 Å². The summed E-state index contributed by atoms with van der Waals surface area (Å²) in [6.07, 6.45) is 6.09. The van der Waals surface area contributed by atoms with Gasteiger partial charge < -0.3 is 14.6 Å². The molecule has 18 heavy (non-hydrogen) atoms. The average molecular weight is 250 g/mol. The van der Waals surface area contributed by atoms with Crippen LogP contribution < -0.4 is 5.32 Å². The first-order chi connectivity index (χ1) is 8.56. The molecule has 0 aliphatic rings. The minimum Gasteiger partial charge on any atom is -0.466 e. The third kappa shape index (κ3) is 4.08. The Hall–Kier alpha value is -2.04. The fourth-order valence-corrected chi connectivity index (χ4v) is 1.49. The molecule has 0 saturated carbocycles. The largest absolute Gasteiger partial charge is 0.466 e. The Labute approximate surface area is 106 Å². The predicted octanol–water partition coefficient (Wildman–Crippen LogP) is 1.95. The van der Waals surface area contributed by atoms with Crippen LogP contribution in [0.15, 0.2) is 18.3 Å². The Kier molecular flexibility index (Phi) is 5.17. The quantitative estimate of drug-likeness (QED) is 0.642. The van der Waals surface area contributed by atoms with Crippen LogP contribution in [0.4, 0.5) is 5.69 Å².